The summed E-state index contributed by atoms with van der Waals surface area (Å²) in [5.74, 6) is 0.873. The van der Waals surface area contributed by atoms with Crippen molar-refractivity contribution in [2.45, 2.75) is 20.3 Å². The van der Waals surface area contributed by atoms with Crippen LogP contribution in [0.5, 0.6) is 0 Å². The van der Waals surface area contributed by atoms with E-state index < -0.39 is 0 Å². The molecule has 4 heteroatoms. The fraction of sp³-hybridized carbons (Fsp3) is 0.304. The van der Waals surface area contributed by atoms with E-state index >= 15 is 0 Å². The fourth-order valence-electron chi connectivity index (χ4n) is 3.13. The van der Waals surface area contributed by atoms with Crippen molar-refractivity contribution in [1.82, 2.24) is 9.80 Å². The molecule has 27 heavy (non-hydrogen) atoms. The van der Waals surface area contributed by atoms with Crippen molar-refractivity contribution in [2.24, 2.45) is 9.98 Å². The van der Waals surface area contributed by atoms with Gasteiger partial charge in [0, 0.05) is 32.0 Å². The highest BCUT2D eigenvalue weighted by atomic mass is 15.2. The molecular formula is C23H28N4. The highest BCUT2D eigenvalue weighted by Crippen LogP contribution is 2.28. The largest absolute Gasteiger partial charge is 0.302 e. The maximum Gasteiger partial charge on any atom is 0.137 e. The average Bonchev–Trinajstić information content (AvgIpc) is 2.66. The standard InChI is InChI=1S/C23H28N4/c1-16(2)17(3)13-21(24-5)22-14-18(4)27-15-20(7-8-23(27)25-22)19-9-11-26(6)12-10-19/h7-9,13-15H,1,4,10-12H2,2-3,5-6H3/b17-13+,24-21?. The number of hydrogen-bond acceptors (Lipinski definition) is 4. The van der Waals surface area contributed by atoms with Crippen molar-refractivity contribution >= 4 is 11.5 Å². The van der Waals surface area contributed by atoms with Crippen LogP contribution in [0.2, 0.25) is 0 Å². The Hall–Kier alpha value is -2.72. The van der Waals surface area contributed by atoms with E-state index in [2.05, 4.69) is 59.4 Å². The molecule has 140 valence electrons. The summed E-state index contributed by atoms with van der Waals surface area (Å²) >= 11 is 0. The number of rotatable bonds is 4. The van der Waals surface area contributed by atoms with E-state index in [1.807, 2.05) is 26.0 Å². The number of fused-ring (bicyclic) bond motifs is 1. The summed E-state index contributed by atoms with van der Waals surface area (Å²) in [5, 5.41) is 0. The number of nitrogens with zero attached hydrogens (tertiary/aromatic N) is 4. The van der Waals surface area contributed by atoms with Crippen LogP contribution in [-0.2, 0) is 0 Å². The molecule has 3 heterocycles. The second kappa shape index (κ2) is 7.89. The zero-order valence-corrected chi connectivity index (χ0v) is 16.8. The van der Waals surface area contributed by atoms with Crippen molar-refractivity contribution in [3.8, 4) is 0 Å². The molecule has 0 aromatic carbocycles. The molecule has 0 saturated carbocycles. The maximum atomic E-state index is 4.81. The van der Waals surface area contributed by atoms with Gasteiger partial charge in [-0.3, -0.25) is 4.99 Å². The van der Waals surface area contributed by atoms with Gasteiger partial charge >= 0.3 is 0 Å². The molecule has 0 saturated heterocycles. The van der Waals surface area contributed by atoms with Crippen LogP contribution < -0.4 is 0 Å². The normalized spacial score (nSPS) is 21.3. The molecule has 0 spiro atoms. The summed E-state index contributed by atoms with van der Waals surface area (Å²) in [5.41, 5.74) is 7.31. The van der Waals surface area contributed by atoms with E-state index in [1.165, 1.54) is 11.1 Å². The third kappa shape index (κ3) is 4.17. The van der Waals surface area contributed by atoms with Crippen LogP contribution in [0.1, 0.15) is 20.3 Å². The van der Waals surface area contributed by atoms with Gasteiger partial charge in [0.2, 0.25) is 0 Å². The molecular weight excluding hydrogens is 332 g/mol. The van der Waals surface area contributed by atoms with Gasteiger partial charge in [0.1, 0.15) is 5.84 Å². The van der Waals surface area contributed by atoms with Crippen molar-refractivity contribution in [3.63, 3.8) is 0 Å². The van der Waals surface area contributed by atoms with E-state index in [-0.39, 0.29) is 0 Å². The van der Waals surface area contributed by atoms with Crippen LogP contribution in [0.15, 0.2) is 93.4 Å². The molecule has 0 aromatic rings. The zero-order chi connectivity index (χ0) is 19.6. The van der Waals surface area contributed by atoms with Gasteiger partial charge in [0.25, 0.3) is 0 Å². The molecule has 0 bridgehead atoms. The van der Waals surface area contributed by atoms with Crippen LogP contribution in [0, 0.1) is 0 Å². The number of allylic oxidation sites excluding steroid dienone is 6. The summed E-state index contributed by atoms with van der Waals surface area (Å²) in [7, 11) is 3.94. The lowest BCUT2D eigenvalue weighted by Gasteiger charge is -2.30. The minimum atomic E-state index is 0.828. The topological polar surface area (TPSA) is 31.2 Å². The van der Waals surface area contributed by atoms with Gasteiger partial charge in [-0.05, 0) is 68.3 Å². The van der Waals surface area contributed by atoms with E-state index in [9.17, 15) is 0 Å². The van der Waals surface area contributed by atoms with Crippen LogP contribution in [0.4, 0.5) is 0 Å². The summed E-state index contributed by atoms with van der Waals surface area (Å²) in [6.45, 7) is 14.4. The molecule has 0 aliphatic carbocycles. The summed E-state index contributed by atoms with van der Waals surface area (Å²) in [6, 6.07) is 0. The van der Waals surface area contributed by atoms with Crippen LogP contribution >= 0.6 is 0 Å². The number of hydrogen-bond donors (Lipinski definition) is 0. The minimum Gasteiger partial charge on any atom is -0.302 e. The van der Waals surface area contributed by atoms with Crippen LogP contribution in [0.25, 0.3) is 0 Å². The van der Waals surface area contributed by atoms with Crippen molar-refractivity contribution in [3.05, 3.63) is 83.4 Å². The number of amidine groups is 1. The fourth-order valence-corrected chi connectivity index (χ4v) is 3.13. The monoisotopic (exact) mass is 360 g/mol. The molecule has 0 amide bonds. The molecule has 0 unspecified atom stereocenters. The Balaban J connectivity index is 1.86. The zero-order valence-electron chi connectivity index (χ0n) is 16.8. The first-order chi connectivity index (χ1) is 12.9. The lowest BCUT2D eigenvalue weighted by molar-refractivity contribution is 0.360. The average molecular weight is 361 g/mol. The maximum absolute atomic E-state index is 4.81. The molecule has 3 aliphatic rings. The molecule has 0 aromatic heterocycles. The second-order valence-corrected chi connectivity index (χ2v) is 7.24. The predicted molar refractivity (Wildman–Crippen MR) is 116 cm³/mol. The van der Waals surface area contributed by atoms with Gasteiger partial charge in [0.05, 0.1) is 11.4 Å². The molecule has 0 atom stereocenters. The molecule has 0 radical (unpaired) electrons. The van der Waals surface area contributed by atoms with E-state index in [4.69, 9.17) is 4.99 Å². The van der Waals surface area contributed by atoms with Crippen LogP contribution in [-0.4, -0.2) is 48.5 Å². The lowest BCUT2D eigenvalue weighted by Crippen LogP contribution is -2.30. The summed E-state index contributed by atoms with van der Waals surface area (Å²) < 4.78 is 0. The van der Waals surface area contributed by atoms with E-state index in [0.717, 1.165) is 53.6 Å². The smallest absolute Gasteiger partial charge is 0.137 e. The Labute approximate surface area is 162 Å². The van der Waals surface area contributed by atoms with Crippen molar-refractivity contribution in [2.75, 3.05) is 27.2 Å². The highest BCUT2D eigenvalue weighted by molar-refractivity contribution is 6.12. The predicted octanol–water partition coefficient (Wildman–Crippen LogP) is 4.41. The third-order valence-electron chi connectivity index (χ3n) is 5.09. The molecule has 4 nitrogen and oxygen atoms in total. The van der Waals surface area contributed by atoms with Gasteiger partial charge in [-0.25, -0.2) is 4.99 Å². The Bertz CT molecular complexity index is 887. The highest BCUT2D eigenvalue weighted by Gasteiger charge is 2.22. The number of aliphatic imine (C=N–C) groups is 2. The van der Waals surface area contributed by atoms with Crippen molar-refractivity contribution < 1.29 is 0 Å². The molecule has 0 N–H and O–H groups in total. The number of likely N-dealkylation sites (N-methyl/N-ethyl adjacent to an activating group) is 1. The molecule has 0 fully saturated rings. The van der Waals surface area contributed by atoms with Gasteiger partial charge in [0.15, 0.2) is 0 Å². The van der Waals surface area contributed by atoms with Gasteiger partial charge < -0.3 is 9.80 Å². The quantitative estimate of drug-likeness (QED) is 0.549. The molecule has 3 rings (SSSR count). The van der Waals surface area contributed by atoms with E-state index in [0.29, 0.717) is 0 Å². The summed E-state index contributed by atoms with van der Waals surface area (Å²) in [6.07, 6.45) is 13.8. The van der Waals surface area contributed by atoms with Gasteiger partial charge in [-0.15, -0.1) is 0 Å². The Morgan fingerprint density at radius 2 is 2.07 bits per heavy atom. The first-order valence-corrected chi connectivity index (χ1v) is 9.26. The second-order valence-electron chi connectivity index (χ2n) is 7.24. The Kier molecular flexibility index (Phi) is 5.57. The first-order valence-electron chi connectivity index (χ1n) is 9.26. The first kappa shape index (κ1) is 19.1. The Morgan fingerprint density at radius 3 is 2.70 bits per heavy atom. The minimum absolute atomic E-state index is 0.828. The van der Waals surface area contributed by atoms with Gasteiger partial charge in [-0.1, -0.05) is 24.8 Å². The van der Waals surface area contributed by atoms with E-state index in [1.54, 1.807) is 7.05 Å². The summed E-state index contributed by atoms with van der Waals surface area (Å²) in [4.78, 5) is 13.6. The SMILES string of the molecule is C=C(C)/C(C)=C/C(=NC)C1=CC(=C)N2C=C(C3=CCN(C)CC3)C=CC2=N1. The lowest BCUT2D eigenvalue weighted by atomic mass is 9.97. The van der Waals surface area contributed by atoms with Gasteiger partial charge in [-0.2, -0.15) is 0 Å². The Morgan fingerprint density at radius 1 is 1.30 bits per heavy atom. The third-order valence-corrected chi connectivity index (χ3v) is 5.09. The van der Waals surface area contributed by atoms with Crippen molar-refractivity contribution in [1.29, 1.82) is 0 Å². The van der Waals surface area contributed by atoms with Crippen LogP contribution in [0.3, 0.4) is 0 Å². The molecule has 3 aliphatic heterocycles.